The van der Waals surface area contributed by atoms with Crippen LogP contribution in [-0.2, 0) is 19.3 Å². The van der Waals surface area contributed by atoms with Gasteiger partial charge in [0, 0.05) is 25.4 Å². The van der Waals surface area contributed by atoms with E-state index < -0.39 is 21.3 Å². The van der Waals surface area contributed by atoms with Crippen LogP contribution >= 0.6 is 0 Å². The van der Waals surface area contributed by atoms with Gasteiger partial charge in [0.25, 0.3) is 0 Å². The van der Waals surface area contributed by atoms with Gasteiger partial charge in [-0.3, -0.25) is 0 Å². The number of carbonyl (C=O) groups excluding carboxylic acids is 1. The molecule has 7 nitrogen and oxygen atoms in total. The maximum atomic E-state index is 13.6. The van der Waals surface area contributed by atoms with Gasteiger partial charge in [0.1, 0.15) is 22.1 Å². The number of sulfone groups is 1. The van der Waals surface area contributed by atoms with Crippen LogP contribution in [0.5, 0.6) is 5.75 Å². The molecule has 0 bridgehead atoms. The van der Waals surface area contributed by atoms with Crippen molar-refractivity contribution in [3.8, 4) is 5.75 Å². The summed E-state index contributed by atoms with van der Waals surface area (Å²) in [5.41, 5.74) is -0.501. The van der Waals surface area contributed by atoms with Gasteiger partial charge in [0.2, 0.25) is 0 Å². The van der Waals surface area contributed by atoms with Gasteiger partial charge in [0.05, 0.1) is 18.3 Å². The molecule has 1 aromatic carbocycles. The number of amides is 1. The largest absolute Gasteiger partial charge is 0.489 e. The molecule has 1 saturated heterocycles. The minimum atomic E-state index is -3.51. The van der Waals surface area contributed by atoms with E-state index in [1.807, 2.05) is 20.8 Å². The van der Waals surface area contributed by atoms with E-state index in [0.29, 0.717) is 25.9 Å². The average molecular weight is 472 g/mol. The number of nitrogens with zero attached hydrogens (tertiary/aromatic N) is 1. The van der Waals surface area contributed by atoms with E-state index in [9.17, 15) is 17.6 Å². The van der Waals surface area contributed by atoms with Gasteiger partial charge < -0.3 is 19.1 Å². The lowest BCUT2D eigenvalue weighted by Crippen LogP contribution is -2.44. The highest BCUT2D eigenvalue weighted by molar-refractivity contribution is 7.90. The standard InChI is InChI=1S/C23H34FNO6S/c1-23(2,3)31-22(26)25-13-11-19(12-14-25)29-17-6-8-18(9-7-17)30-20-15-16(24)5-10-21(20)32(4,27)28/h5,10,15,17-19H,6-9,11-14H2,1-4H3. The second kappa shape index (κ2) is 9.95. The van der Waals surface area contributed by atoms with Crippen molar-refractivity contribution in [3.63, 3.8) is 0 Å². The van der Waals surface area contributed by atoms with E-state index in [1.54, 1.807) is 4.90 Å². The second-order valence-corrected chi connectivity index (χ2v) is 11.7. The van der Waals surface area contributed by atoms with Crippen LogP contribution in [0.1, 0.15) is 59.3 Å². The van der Waals surface area contributed by atoms with Gasteiger partial charge in [-0.15, -0.1) is 0 Å². The lowest BCUT2D eigenvalue weighted by molar-refractivity contribution is -0.0677. The van der Waals surface area contributed by atoms with E-state index in [4.69, 9.17) is 14.2 Å². The normalized spacial score (nSPS) is 23.1. The van der Waals surface area contributed by atoms with Crippen LogP contribution in [0.2, 0.25) is 0 Å². The lowest BCUT2D eigenvalue weighted by atomic mass is 9.94. The number of rotatable bonds is 5. The van der Waals surface area contributed by atoms with Gasteiger partial charge in [-0.05, 0) is 71.4 Å². The molecule has 0 aromatic heterocycles. The Kier molecular flexibility index (Phi) is 7.70. The fourth-order valence-corrected chi connectivity index (χ4v) is 4.91. The number of hydrogen-bond acceptors (Lipinski definition) is 6. The molecule has 0 radical (unpaired) electrons. The highest BCUT2D eigenvalue weighted by Crippen LogP contribution is 2.31. The Labute approximate surface area is 190 Å². The molecular formula is C23H34FNO6S. The van der Waals surface area contributed by atoms with E-state index in [-0.39, 0.29) is 35.1 Å². The minimum Gasteiger partial charge on any atom is -0.489 e. The summed E-state index contributed by atoms with van der Waals surface area (Å²) in [7, 11) is -3.51. The van der Waals surface area contributed by atoms with Crippen molar-refractivity contribution in [1.82, 2.24) is 4.90 Å². The second-order valence-electron chi connectivity index (χ2n) is 9.68. The predicted molar refractivity (Wildman–Crippen MR) is 118 cm³/mol. The highest BCUT2D eigenvalue weighted by Gasteiger charge is 2.31. The van der Waals surface area contributed by atoms with Crippen molar-refractivity contribution < 1.29 is 31.8 Å². The first-order chi connectivity index (χ1) is 14.9. The van der Waals surface area contributed by atoms with Gasteiger partial charge in [-0.2, -0.15) is 0 Å². The van der Waals surface area contributed by atoms with Crippen molar-refractivity contribution in [2.24, 2.45) is 0 Å². The predicted octanol–water partition coefficient (Wildman–Crippen LogP) is 4.34. The third kappa shape index (κ3) is 7.07. The smallest absolute Gasteiger partial charge is 0.410 e. The molecule has 180 valence electrons. The number of carbonyl (C=O) groups is 1. The van der Waals surface area contributed by atoms with Crippen LogP contribution in [0.4, 0.5) is 9.18 Å². The summed E-state index contributed by atoms with van der Waals surface area (Å²) in [6.07, 6.45) is 5.40. The third-order valence-electron chi connectivity index (χ3n) is 5.70. The number of halogens is 1. The molecule has 1 aliphatic carbocycles. The zero-order chi connectivity index (χ0) is 23.5. The Balaban J connectivity index is 1.45. The number of piperidine rings is 1. The summed E-state index contributed by atoms with van der Waals surface area (Å²) >= 11 is 0. The maximum absolute atomic E-state index is 13.6. The average Bonchev–Trinajstić information content (AvgIpc) is 2.68. The molecule has 1 aromatic rings. The zero-order valence-corrected chi connectivity index (χ0v) is 20.1. The van der Waals surface area contributed by atoms with Crippen LogP contribution in [0.15, 0.2) is 23.1 Å². The molecule has 1 aliphatic heterocycles. The lowest BCUT2D eigenvalue weighted by Gasteiger charge is -2.36. The molecule has 32 heavy (non-hydrogen) atoms. The van der Waals surface area contributed by atoms with Crippen LogP contribution in [0.3, 0.4) is 0 Å². The molecule has 2 aliphatic rings. The van der Waals surface area contributed by atoms with Crippen molar-refractivity contribution in [1.29, 1.82) is 0 Å². The van der Waals surface area contributed by atoms with Crippen molar-refractivity contribution in [2.75, 3.05) is 19.3 Å². The molecule has 9 heteroatoms. The topological polar surface area (TPSA) is 82.1 Å². The molecule has 0 spiro atoms. The molecule has 0 atom stereocenters. The molecule has 0 unspecified atom stereocenters. The Morgan fingerprint density at radius 1 is 1.00 bits per heavy atom. The number of ether oxygens (including phenoxy) is 3. The van der Waals surface area contributed by atoms with Gasteiger partial charge in [-0.1, -0.05) is 0 Å². The quantitative estimate of drug-likeness (QED) is 0.595. The van der Waals surface area contributed by atoms with E-state index in [2.05, 4.69) is 0 Å². The summed E-state index contributed by atoms with van der Waals surface area (Å²) in [5.74, 6) is -0.450. The van der Waals surface area contributed by atoms with Crippen LogP contribution in [0.25, 0.3) is 0 Å². The Morgan fingerprint density at radius 2 is 1.56 bits per heavy atom. The number of benzene rings is 1. The first-order valence-electron chi connectivity index (χ1n) is 11.2. The summed E-state index contributed by atoms with van der Waals surface area (Å²) in [5, 5.41) is 0. The van der Waals surface area contributed by atoms with Crippen molar-refractivity contribution >= 4 is 15.9 Å². The van der Waals surface area contributed by atoms with Crippen molar-refractivity contribution in [2.45, 2.75) is 88.1 Å². The van der Waals surface area contributed by atoms with Gasteiger partial charge >= 0.3 is 6.09 Å². The summed E-state index contributed by atoms with van der Waals surface area (Å²) < 4.78 is 55.1. The molecular weight excluding hydrogens is 437 g/mol. The van der Waals surface area contributed by atoms with Gasteiger partial charge in [-0.25, -0.2) is 17.6 Å². The molecule has 3 rings (SSSR count). The SMILES string of the molecule is CC(C)(C)OC(=O)N1CCC(OC2CCC(Oc3cc(F)ccc3S(C)(=O)=O)CC2)CC1. The van der Waals surface area contributed by atoms with Crippen LogP contribution in [-0.4, -0.2) is 62.7 Å². The molecule has 1 amide bonds. The first-order valence-corrected chi connectivity index (χ1v) is 13.1. The molecule has 0 N–H and O–H groups in total. The molecule has 2 fully saturated rings. The third-order valence-corrected chi connectivity index (χ3v) is 6.83. The summed E-state index contributed by atoms with van der Waals surface area (Å²) in [4.78, 5) is 13.9. The minimum absolute atomic E-state index is 0.00835. The number of likely N-dealkylation sites (tertiary alicyclic amines) is 1. The monoisotopic (exact) mass is 471 g/mol. The van der Waals surface area contributed by atoms with Gasteiger partial charge in [0.15, 0.2) is 9.84 Å². The Morgan fingerprint density at radius 3 is 2.12 bits per heavy atom. The fourth-order valence-electron chi connectivity index (χ4n) is 4.12. The fraction of sp³-hybridized carbons (Fsp3) is 0.696. The van der Waals surface area contributed by atoms with Crippen LogP contribution in [0, 0.1) is 5.82 Å². The van der Waals surface area contributed by atoms with E-state index >= 15 is 0 Å². The first kappa shape index (κ1) is 24.8. The van der Waals surface area contributed by atoms with E-state index in [1.165, 1.54) is 6.07 Å². The molecule has 1 heterocycles. The Hall–Kier alpha value is -1.87. The summed E-state index contributed by atoms with van der Waals surface area (Å²) in [6, 6.07) is 3.51. The Bertz CT molecular complexity index is 898. The molecule has 1 saturated carbocycles. The van der Waals surface area contributed by atoms with Crippen molar-refractivity contribution in [3.05, 3.63) is 24.0 Å². The highest BCUT2D eigenvalue weighted by atomic mass is 32.2. The van der Waals surface area contributed by atoms with E-state index in [0.717, 1.165) is 44.1 Å². The van der Waals surface area contributed by atoms with Crippen LogP contribution < -0.4 is 4.74 Å². The zero-order valence-electron chi connectivity index (χ0n) is 19.3. The summed E-state index contributed by atoms with van der Waals surface area (Å²) in [6.45, 7) is 6.81. The number of hydrogen-bond donors (Lipinski definition) is 0. The maximum Gasteiger partial charge on any atom is 0.410 e.